The number of carbonyl (C=O) groups excluding carboxylic acids is 9. The maximum Gasteiger partial charge on any atom is 0.408 e. The molecule has 28 heteroatoms. The molecule has 97 heavy (non-hydrogen) atoms. The lowest BCUT2D eigenvalue weighted by Gasteiger charge is -2.41. The van der Waals surface area contributed by atoms with Gasteiger partial charge in [-0.25, -0.2) is 24.2 Å². The lowest BCUT2D eigenvalue weighted by atomic mass is 9.89. The highest BCUT2D eigenvalue weighted by atomic mass is 32.1. The van der Waals surface area contributed by atoms with Crippen molar-refractivity contribution in [1.29, 1.82) is 0 Å². The molecule has 10 amide bonds. The molecular weight excluding hydrogens is 1270 g/mol. The van der Waals surface area contributed by atoms with Crippen LogP contribution in [0.3, 0.4) is 0 Å². The predicted molar refractivity (Wildman–Crippen MR) is 368 cm³/mol. The number of urea groups is 1. The van der Waals surface area contributed by atoms with Crippen molar-refractivity contribution in [2.24, 2.45) is 35.1 Å². The molecule has 0 unspecified atom stereocenters. The number of methoxy groups -OCH3 is 2. The Morgan fingerprint density at radius 1 is 0.773 bits per heavy atom. The average molecular weight is 1380 g/mol. The molecule has 540 valence electrons. The lowest BCUT2D eigenvalue weighted by molar-refractivity contribution is -0.148. The van der Waals surface area contributed by atoms with Gasteiger partial charge in [0.05, 0.1) is 48.7 Å². The molecule has 0 aliphatic carbocycles. The summed E-state index contributed by atoms with van der Waals surface area (Å²) in [4.78, 5) is 145. The molecule has 3 aromatic rings. The Balaban J connectivity index is 1.44. The number of anilines is 1. The molecule has 2 heterocycles. The second-order valence-electron chi connectivity index (χ2n) is 27.2. The van der Waals surface area contributed by atoms with Crippen LogP contribution in [0.4, 0.5) is 20.1 Å². The first-order valence-corrected chi connectivity index (χ1v) is 34.4. The van der Waals surface area contributed by atoms with Gasteiger partial charge in [-0.05, 0) is 127 Å². The number of carboxylic acids is 1. The Hall–Kier alpha value is -7.95. The normalized spacial score (nSPS) is 16.4. The molecule has 0 radical (unpaired) electrons. The number of nitrogens with two attached hydrogens (primary N) is 2. The van der Waals surface area contributed by atoms with Crippen LogP contribution < -0.4 is 48.3 Å². The van der Waals surface area contributed by atoms with Crippen LogP contribution in [-0.2, 0) is 65.5 Å². The first-order valence-electron chi connectivity index (χ1n) is 33.5. The molecule has 2 aromatic carbocycles. The third-order valence-electron chi connectivity index (χ3n) is 17.4. The molecule has 11 N–H and O–H groups in total. The van der Waals surface area contributed by atoms with Gasteiger partial charge in [-0.3, -0.25) is 33.7 Å². The number of amides is 10. The zero-order valence-corrected chi connectivity index (χ0v) is 60.1. The molecule has 4 rings (SSSR count). The number of nitrogens with one attached hydrogen (secondary N) is 6. The van der Waals surface area contributed by atoms with Crippen molar-refractivity contribution in [3.8, 4) is 0 Å². The molecule has 11 atom stereocenters. The Morgan fingerprint density at radius 3 is 1.98 bits per heavy atom. The fourth-order valence-electron chi connectivity index (χ4n) is 11.7. The average Bonchev–Trinajstić information content (AvgIpc) is 1.63. The van der Waals surface area contributed by atoms with E-state index < -0.39 is 125 Å². The first-order chi connectivity index (χ1) is 45.7. The van der Waals surface area contributed by atoms with E-state index in [0.717, 1.165) is 15.5 Å². The number of unbranched alkanes of at least 4 members (excludes halogenated alkanes) is 1. The standard InChI is InChI=1S/C69H108N12O15S/c1-16-43(6)56(52(93-14)39-53(82)80-36-23-28-50(80)57(94-15)44(7)58(83)75-49(60-72-35-37-97-60)38-45-24-18-17-19-25-45)79(13)61(85)54(41(2)3)77-64(89)69(11,12)78-67(92)95-40-46-29-31-47(32-30-46)81(51(63(87)88)27-22-34-73-65(71)90)62(86)55(42(4)5)76-59(84)48(70)26-20-21-33-74-66(91)96-68(8,9)10/h17-19,24-25,29-32,35,37,41-44,48-52,54-57H,16,20-23,26-28,33-34,36,38-40,70H2,1-15H3,(H,74,91)(H,75,83)(H,76,84)(H,77,89)(H,78,92)(H,87,88)(H3,71,73,90)/t43-,44+,48-,49-,50-,51-,52+,54-,55-,56-,57+/m0/s1. The molecule has 1 fully saturated rings. The van der Waals surface area contributed by atoms with E-state index in [0.29, 0.717) is 50.6 Å². The minimum Gasteiger partial charge on any atom is -0.480 e. The molecule has 1 aliphatic rings. The second kappa shape index (κ2) is 38.9. The Labute approximate surface area is 575 Å². The number of aromatic nitrogens is 1. The van der Waals surface area contributed by atoms with Crippen LogP contribution in [0.2, 0.25) is 0 Å². The number of alkyl carbamates (subject to hydrolysis) is 2. The first kappa shape index (κ1) is 81.5. The summed E-state index contributed by atoms with van der Waals surface area (Å²) in [5, 5.41) is 29.7. The summed E-state index contributed by atoms with van der Waals surface area (Å²) in [5.41, 5.74) is 10.8. The molecule has 1 aromatic heterocycles. The zero-order chi connectivity index (χ0) is 72.5. The van der Waals surface area contributed by atoms with Crippen molar-refractivity contribution >= 4 is 76.7 Å². The molecular formula is C69H108N12O15S. The van der Waals surface area contributed by atoms with Gasteiger partial charge in [0.25, 0.3) is 5.91 Å². The summed E-state index contributed by atoms with van der Waals surface area (Å²) in [6, 6.07) is 8.61. The van der Waals surface area contributed by atoms with E-state index >= 15 is 0 Å². The minimum atomic E-state index is -1.65. The number of carboxylic acid groups (broad SMARTS) is 1. The maximum absolute atomic E-state index is 14.8. The number of carbonyl (C=O) groups is 10. The zero-order valence-electron chi connectivity index (χ0n) is 59.3. The predicted octanol–water partition coefficient (Wildman–Crippen LogP) is 6.71. The number of ether oxygens (including phenoxy) is 4. The molecule has 27 nitrogen and oxygen atoms in total. The summed E-state index contributed by atoms with van der Waals surface area (Å²) in [5.74, 6) is -6.26. The summed E-state index contributed by atoms with van der Waals surface area (Å²) in [7, 11) is 4.66. The number of hydrogen-bond donors (Lipinski definition) is 9. The van der Waals surface area contributed by atoms with Crippen molar-refractivity contribution in [2.45, 2.75) is 220 Å². The Bertz CT molecular complexity index is 3040. The molecule has 1 aliphatic heterocycles. The van der Waals surface area contributed by atoms with Gasteiger partial charge in [-0.15, -0.1) is 11.3 Å². The number of rotatable bonds is 38. The van der Waals surface area contributed by atoms with Crippen molar-refractivity contribution in [3.63, 3.8) is 0 Å². The largest absolute Gasteiger partial charge is 0.480 e. The van der Waals surface area contributed by atoms with Crippen LogP contribution in [0.15, 0.2) is 66.2 Å². The van der Waals surface area contributed by atoms with E-state index in [2.05, 4.69) is 36.9 Å². The number of primary amides is 1. The highest BCUT2D eigenvalue weighted by Gasteiger charge is 2.45. The van der Waals surface area contributed by atoms with Gasteiger partial charge >= 0.3 is 24.2 Å². The fraction of sp³-hybridized carbons (Fsp3) is 0.638. The van der Waals surface area contributed by atoms with Gasteiger partial charge in [-0.1, -0.05) is 97.4 Å². The number of benzene rings is 2. The highest BCUT2D eigenvalue weighted by molar-refractivity contribution is 7.09. The number of hydrogen-bond acceptors (Lipinski definition) is 17. The van der Waals surface area contributed by atoms with Crippen LogP contribution in [0.25, 0.3) is 0 Å². The van der Waals surface area contributed by atoms with Gasteiger partial charge in [0, 0.05) is 58.2 Å². The van der Waals surface area contributed by atoms with Gasteiger partial charge < -0.3 is 77.2 Å². The van der Waals surface area contributed by atoms with E-state index in [-0.39, 0.29) is 74.8 Å². The van der Waals surface area contributed by atoms with Crippen molar-refractivity contribution < 1.29 is 72.0 Å². The van der Waals surface area contributed by atoms with E-state index in [9.17, 15) is 53.1 Å². The number of likely N-dealkylation sites (tertiary alicyclic amines) is 1. The third-order valence-corrected chi connectivity index (χ3v) is 18.2. The summed E-state index contributed by atoms with van der Waals surface area (Å²) in [6.45, 7) is 21.1. The van der Waals surface area contributed by atoms with Crippen LogP contribution in [0.1, 0.15) is 163 Å². The fourth-order valence-corrected chi connectivity index (χ4v) is 12.4. The van der Waals surface area contributed by atoms with Gasteiger partial charge in [-0.2, -0.15) is 0 Å². The maximum atomic E-state index is 14.8. The van der Waals surface area contributed by atoms with Crippen LogP contribution >= 0.6 is 11.3 Å². The van der Waals surface area contributed by atoms with E-state index in [4.69, 9.17) is 30.4 Å². The summed E-state index contributed by atoms with van der Waals surface area (Å²) >= 11 is 1.46. The Morgan fingerprint density at radius 2 is 1.41 bits per heavy atom. The lowest BCUT2D eigenvalue weighted by Crippen LogP contribution is -2.62. The third kappa shape index (κ3) is 25.1. The number of likely N-dealkylation sites (N-methyl/N-ethyl adjacent to an activating group) is 1. The molecule has 0 saturated carbocycles. The summed E-state index contributed by atoms with van der Waals surface area (Å²) in [6.07, 6.45) is 2.14. The number of nitrogens with zero attached hydrogens (tertiary/aromatic N) is 4. The molecule has 0 bridgehead atoms. The number of thiazole rings is 1. The van der Waals surface area contributed by atoms with Gasteiger partial charge in [0.15, 0.2) is 0 Å². The van der Waals surface area contributed by atoms with E-state index in [1.165, 1.54) is 61.5 Å². The Kier molecular flexibility index (Phi) is 32.6. The van der Waals surface area contributed by atoms with Crippen molar-refractivity contribution in [2.75, 3.05) is 45.8 Å². The van der Waals surface area contributed by atoms with Gasteiger partial charge in [0.2, 0.25) is 29.5 Å². The number of aliphatic carboxylic acids is 1. The second-order valence-corrected chi connectivity index (χ2v) is 28.1. The van der Waals surface area contributed by atoms with Crippen LogP contribution in [0, 0.1) is 23.7 Å². The smallest absolute Gasteiger partial charge is 0.408 e. The SMILES string of the molecule is CC[C@H](C)[C@@H]([C@@H](CC(=O)N1CCC[C@H]1[C@H](OC)[C@@H](C)C(=O)N[C@@H](Cc1ccccc1)c1nccs1)OC)N(C)C(=O)[C@@H](NC(=O)C(C)(C)NC(=O)OCc1ccc(N(C(=O)[C@@H](NC(=O)[C@@H](N)CCCCNC(=O)OC(C)(C)C)C(C)C)[C@@H](CCCNC(N)=O)C(=O)O)cc1)C(C)C. The quantitative estimate of drug-likeness (QED) is 0.0269. The van der Waals surface area contributed by atoms with Gasteiger partial charge in [0.1, 0.15) is 40.9 Å². The van der Waals surface area contributed by atoms with Crippen molar-refractivity contribution in [3.05, 3.63) is 82.3 Å². The topological polar surface area (TPSA) is 375 Å². The minimum absolute atomic E-state index is 0.00701. The monoisotopic (exact) mass is 1380 g/mol. The van der Waals surface area contributed by atoms with Crippen molar-refractivity contribution in [1.82, 2.24) is 46.7 Å². The summed E-state index contributed by atoms with van der Waals surface area (Å²) < 4.78 is 23.0. The van der Waals surface area contributed by atoms with Crippen LogP contribution in [0.5, 0.6) is 0 Å². The molecule has 1 saturated heterocycles. The van der Waals surface area contributed by atoms with Crippen LogP contribution in [-0.4, -0.2) is 180 Å². The van der Waals surface area contributed by atoms with E-state index in [1.807, 2.05) is 49.6 Å². The highest BCUT2D eigenvalue weighted by Crippen LogP contribution is 2.32. The molecule has 0 spiro atoms. The van der Waals surface area contributed by atoms with E-state index in [1.54, 1.807) is 80.6 Å².